The first kappa shape index (κ1) is 34.8. The minimum Gasteiger partial charge on any atom is -0.444 e. The van der Waals surface area contributed by atoms with Crippen LogP contribution in [-0.4, -0.2) is 75.7 Å². The number of carbonyl (C=O) groups is 3. The van der Waals surface area contributed by atoms with Crippen LogP contribution in [0.1, 0.15) is 73.5 Å². The molecule has 246 valence electrons. The zero-order chi connectivity index (χ0) is 34.1. The van der Waals surface area contributed by atoms with E-state index in [2.05, 4.69) is 16.2 Å². The quantitative estimate of drug-likeness (QED) is 0.305. The van der Waals surface area contributed by atoms with Gasteiger partial charge in [-0.1, -0.05) is 0 Å². The summed E-state index contributed by atoms with van der Waals surface area (Å²) >= 11 is 0. The molecule has 2 atom stereocenters. The van der Waals surface area contributed by atoms with Gasteiger partial charge in [0.2, 0.25) is 0 Å². The first-order valence-corrected chi connectivity index (χ1v) is 14.7. The number of hydrogen-bond donors (Lipinski definition) is 2. The summed E-state index contributed by atoms with van der Waals surface area (Å²) in [7, 11) is -1.00. The summed E-state index contributed by atoms with van der Waals surface area (Å²) < 4.78 is 31.3. The Labute approximate surface area is 265 Å². The number of nitriles is 1. The molecule has 2 unspecified atom stereocenters. The summed E-state index contributed by atoms with van der Waals surface area (Å²) in [6, 6.07) is 6.35. The van der Waals surface area contributed by atoms with Crippen molar-refractivity contribution in [2.75, 3.05) is 31.7 Å². The van der Waals surface area contributed by atoms with Crippen LogP contribution in [0, 0.1) is 11.5 Å². The van der Waals surface area contributed by atoms with Crippen molar-refractivity contribution in [1.29, 1.82) is 5.26 Å². The number of esters is 2. The van der Waals surface area contributed by atoms with Crippen LogP contribution in [0.25, 0.3) is 0 Å². The Balaban J connectivity index is 0.000000301. The van der Waals surface area contributed by atoms with Gasteiger partial charge in [0.15, 0.2) is 6.19 Å². The molecule has 45 heavy (non-hydrogen) atoms. The van der Waals surface area contributed by atoms with E-state index in [9.17, 15) is 18.8 Å². The molecule has 2 aliphatic heterocycles. The lowest BCUT2D eigenvalue weighted by atomic mass is 10.1. The van der Waals surface area contributed by atoms with Gasteiger partial charge in [0.25, 0.3) is 0 Å². The lowest BCUT2D eigenvalue weighted by molar-refractivity contribution is -0.135. The van der Waals surface area contributed by atoms with Crippen LogP contribution < -0.4 is 20.9 Å². The second kappa shape index (κ2) is 18.2. The third kappa shape index (κ3) is 13.2. The summed E-state index contributed by atoms with van der Waals surface area (Å²) in [4.78, 5) is 47.0. The van der Waals surface area contributed by atoms with Crippen molar-refractivity contribution in [2.45, 2.75) is 89.8 Å². The Kier molecular flexibility index (Phi) is 14.1. The molecule has 0 aliphatic carbocycles. The summed E-state index contributed by atoms with van der Waals surface area (Å²) in [6.45, 7) is 6.97. The molecule has 0 saturated carbocycles. The van der Waals surface area contributed by atoms with Gasteiger partial charge in [-0.15, -0.1) is 0 Å². The van der Waals surface area contributed by atoms with Crippen molar-refractivity contribution >= 4 is 29.7 Å². The Morgan fingerprint density at radius 3 is 1.96 bits per heavy atom. The molecule has 0 aromatic carbocycles. The van der Waals surface area contributed by atoms with Crippen molar-refractivity contribution < 1.29 is 34.4 Å². The number of rotatable bonds is 8. The van der Waals surface area contributed by atoms with Crippen LogP contribution in [0.4, 0.5) is 20.8 Å². The highest BCUT2D eigenvalue weighted by Gasteiger charge is 2.32. The minimum atomic E-state index is -1.00. The molecule has 2 aliphatic rings. The highest BCUT2D eigenvalue weighted by molar-refractivity contribution is 5.73. The lowest BCUT2D eigenvalue weighted by Gasteiger charge is -2.28. The summed E-state index contributed by atoms with van der Waals surface area (Å²) in [5.41, 5.74) is 10.5. The van der Waals surface area contributed by atoms with Crippen LogP contribution in [0.2, 0.25) is 0 Å². The predicted molar refractivity (Wildman–Crippen MR) is 165 cm³/mol. The molecule has 14 heteroatoms. The van der Waals surface area contributed by atoms with Crippen molar-refractivity contribution in [3.8, 4) is 17.7 Å². The number of nitrogens with two attached hydrogens (primary N) is 2. The van der Waals surface area contributed by atoms with Gasteiger partial charge < -0.3 is 35.5 Å². The molecule has 2 aromatic heterocycles. The molecule has 2 fully saturated rings. The average molecular weight is 631 g/mol. The Morgan fingerprint density at radius 1 is 0.978 bits per heavy atom. The van der Waals surface area contributed by atoms with Crippen molar-refractivity contribution in [3.05, 3.63) is 36.7 Å². The van der Waals surface area contributed by atoms with Gasteiger partial charge in [0.1, 0.15) is 28.7 Å². The van der Waals surface area contributed by atoms with Crippen molar-refractivity contribution in [1.82, 2.24) is 19.8 Å². The molecular weight excluding hydrogens is 585 g/mol. The highest BCUT2D eigenvalue weighted by atomic mass is 19.1. The van der Waals surface area contributed by atoms with Gasteiger partial charge in [-0.05, 0) is 71.4 Å². The van der Waals surface area contributed by atoms with Gasteiger partial charge in [-0.2, -0.15) is 5.26 Å². The number of carbonyl (C=O) groups excluding carboxylic acids is 3. The van der Waals surface area contributed by atoms with Gasteiger partial charge in [-0.25, -0.2) is 14.8 Å². The number of nitrogens with zero attached hydrogens (tertiary/aromatic N) is 5. The normalized spacial score (nSPS) is 17.4. The van der Waals surface area contributed by atoms with Gasteiger partial charge >= 0.3 is 18.0 Å². The number of likely N-dealkylation sites (tertiary alicyclic amines) is 2. The SMILES string of the molecule is CC(C)(C)OC(=O)N1CCCC1CCC(=O)Oc1ccnc(N)c1.N#CN1CCCC1CCC(=O)Oc1ccnc(N)c1.[2H]CF. The number of halogens is 1. The fourth-order valence-corrected chi connectivity index (χ4v) is 4.88. The second-order valence-corrected chi connectivity index (χ2v) is 11.4. The number of amides is 1. The molecule has 13 nitrogen and oxygen atoms in total. The number of pyridine rings is 2. The predicted octanol–water partition coefficient (Wildman–Crippen LogP) is 4.63. The maximum atomic E-state index is 12.2. The molecule has 4 heterocycles. The fourth-order valence-electron chi connectivity index (χ4n) is 4.88. The van der Waals surface area contributed by atoms with Crippen LogP contribution in [0.3, 0.4) is 0 Å². The zero-order valence-electron chi connectivity index (χ0n) is 27.1. The second-order valence-electron chi connectivity index (χ2n) is 11.4. The van der Waals surface area contributed by atoms with Crippen LogP contribution >= 0.6 is 0 Å². The van der Waals surface area contributed by atoms with Crippen molar-refractivity contribution in [2.24, 2.45) is 0 Å². The van der Waals surface area contributed by atoms with E-state index in [1.807, 2.05) is 20.8 Å². The molecule has 2 saturated heterocycles. The Bertz CT molecular complexity index is 1320. The van der Waals surface area contributed by atoms with Crippen molar-refractivity contribution in [3.63, 3.8) is 0 Å². The molecule has 4 N–H and O–H groups in total. The first-order chi connectivity index (χ1) is 21.8. The summed E-state index contributed by atoms with van der Waals surface area (Å²) in [5, 5.41) is 8.91. The van der Waals surface area contributed by atoms with E-state index in [0.29, 0.717) is 48.9 Å². The summed E-state index contributed by atoms with van der Waals surface area (Å²) in [6.07, 6.45) is 10.3. The molecule has 4 rings (SSSR count). The molecule has 1 amide bonds. The molecule has 2 aromatic rings. The number of alkyl halides is 1. The maximum absolute atomic E-state index is 12.2. The van der Waals surface area contributed by atoms with E-state index in [0.717, 1.165) is 32.2 Å². The number of hydrogen-bond acceptors (Lipinski definition) is 12. The number of aromatic nitrogens is 2. The third-order valence-corrected chi connectivity index (χ3v) is 6.84. The Morgan fingerprint density at radius 2 is 1.47 bits per heavy atom. The van der Waals surface area contributed by atoms with E-state index in [1.54, 1.807) is 21.9 Å². The monoisotopic (exact) mass is 630 g/mol. The molecule has 0 bridgehead atoms. The van der Waals surface area contributed by atoms with E-state index in [1.165, 1.54) is 24.5 Å². The standard InChI is InChI=1S/C17H25N3O4.C13H16N4O2.CH3F/c1-17(2,3)24-16(22)20-10-4-5-12(20)6-7-15(21)23-13-8-9-19-14(18)11-13;14-9-17-7-1-2-10(17)3-4-13(18)19-11-5-6-16-12(15)8-11;1-2/h8-9,11-12H,4-7,10H2,1-3H3,(H2,18,19);5-6,8,10H,1-4,7H2,(H2,15,16);1H3/i;;1D. The average Bonchev–Trinajstić information content (AvgIpc) is 3.64. The number of nitrogen functional groups attached to an aromatic ring is 2. The van der Waals surface area contributed by atoms with Gasteiger partial charge in [0.05, 0.1) is 8.52 Å². The largest absolute Gasteiger partial charge is 0.444 e. The Hall–Kier alpha value is -4.67. The van der Waals surface area contributed by atoms with Crippen LogP contribution in [0.15, 0.2) is 36.7 Å². The summed E-state index contributed by atoms with van der Waals surface area (Å²) in [5.74, 6) is 0.736. The lowest BCUT2D eigenvalue weighted by Crippen LogP contribution is -2.40. The fraction of sp³-hybridized carbons (Fsp3) is 0.548. The van der Waals surface area contributed by atoms with Gasteiger partial charge in [0, 0.05) is 62.5 Å². The van der Waals surface area contributed by atoms with E-state index in [4.69, 9.17) is 32.3 Å². The third-order valence-electron chi connectivity index (χ3n) is 6.84. The minimum absolute atomic E-state index is 0.00918. The first-order valence-electron chi connectivity index (χ1n) is 15.4. The van der Waals surface area contributed by atoms with Crippen LogP contribution in [-0.2, 0) is 14.3 Å². The topological polar surface area (TPSA) is 187 Å². The highest BCUT2D eigenvalue weighted by Crippen LogP contribution is 2.25. The maximum Gasteiger partial charge on any atom is 0.410 e. The molecular formula is C31H44FN7O6. The smallest absolute Gasteiger partial charge is 0.410 e. The van der Waals surface area contributed by atoms with E-state index in [-0.39, 0.29) is 36.5 Å². The number of ether oxygens (including phenoxy) is 3. The molecule has 0 radical (unpaired) electrons. The van der Waals surface area contributed by atoms with Gasteiger partial charge in [-0.3, -0.25) is 14.0 Å². The molecule has 0 spiro atoms. The number of anilines is 2. The van der Waals surface area contributed by atoms with E-state index >= 15 is 0 Å². The zero-order valence-corrected chi connectivity index (χ0v) is 26.1. The van der Waals surface area contributed by atoms with E-state index < -0.39 is 12.8 Å². The van der Waals surface area contributed by atoms with Crippen LogP contribution in [0.5, 0.6) is 11.5 Å².